The molecule has 130 valence electrons. The average molecular weight is 324 g/mol. The van der Waals surface area contributed by atoms with Crippen molar-refractivity contribution in [3.63, 3.8) is 0 Å². The van der Waals surface area contributed by atoms with Crippen LogP contribution >= 0.6 is 0 Å². The van der Waals surface area contributed by atoms with Gasteiger partial charge in [0.25, 0.3) is 0 Å². The number of rotatable bonds is 2. The Morgan fingerprint density at radius 2 is 1.50 bits per heavy atom. The molecule has 0 saturated carbocycles. The van der Waals surface area contributed by atoms with Crippen LogP contribution in [0, 0.1) is 0 Å². The quantitative estimate of drug-likeness (QED) is 0.722. The summed E-state index contributed by atoms with van der Waals surface area (Å²) in [5.41, 5.74) is 10.8. The first kappa shape index (κ1) is 20.2. The molecule has 0 amide bonds. The van der Waals surface area contributed by atoms with Crippen LogP contribution in [0.15, 0.2) is 60.7 Å². The maximum atomic E-state index is 4.85. The Morgan fingerprint density at radius 3 is 2.08 bits per heavy atom. The van der Waals surface area contributed by atoms with Gasteiger partial charge in [-0.1, -0.05) is 95.3 Å². The fraction of sp³-hybridized carbons (Fsp3) is 0.391. The highest BCUT2D eigenvalue weighted by atomic mass is 14.5. The van der Waals surface area contributed by atoms with Crippen LogP contribution in [0.2, 0.25) is 0 Å². The van der Waals surface area contributed by atoms with Gasteiger partial charge in [-0.15, -0.1) is 0 Å². The van der Waals surface area contributed by atoms with Crippen LogP contribution in [0.5, 0.6) is 0 Å². The number of allylic oxidation sites excluding steroid dienone is 2. The molecule has 0 aliphatic heterocycles. The molecule has 1 atom stereocenters. The largest absolute Gasteiger partial charge is 0.331 e. The molecule has 1 heteroatoms. The van der Waals surface area contributed by atoms with Crippen LogP contribution < -0.4 is 5.73 Å². The first-order chi connectivity index (χ1) is 11.7. The van der Waals surface area contributed by atoms with Gasteiger partial charge < -0.3 is 5.73 Å². The van der Waals surface area contributed by atoms with Gasteiger partial charge in [0, 0.05) is 5.41 Å². The molecule has 0 saturated heterocycles. The van der Waals surface area contributed by atoms with Gasteiger partial charge in [0.2, 0.25) is 0 Å². The third kappa shape index (κ3) is 4.36. The van der Waals surface area contributed by atoms with E-state index < -0.39 is 0 Å². The molecule has 0 aromatic heterocycles. The Balaban J connectivity index is 0.000000521. The zero-order chi connectivity index (χ0) is 18.0. The van der Waals surface area contributed by atoms with Gasteiger partial charge in [0.05, 0.1) is 0 Å². The molecule has 0 spiro atoms. The standard InChI is InChI=1S/C19H20.C2H7N.C2H6/c1-3-9-18-17-13-8-7-10-15(17)14-19(18,2)16-11-5-4-6-12-16;1-2-3;1-2/h4-13H,3,14H2,1-2H3;2-3H2,1H3;1-2H3/b18-9-;;. The normalized spacial score (nSPS) is 19.7. The second-order valence-corrected chi connectivity index (χ2v) is 5.97. The summed E-state index contributed by atoms with van der Waals surface area (Å²) in [6, 6.07) is 19.7. The molecular weight excluding hydrogens is 290 g/mol. The lowest BCUT2D eigenvalue weighted by atomic mass is 9.76. The average Bonchev–Trinajstić information content (AvgIpc) is 2.92. The van der Waals surface area contributed by atoms with Crippen molar-refractivity contribution in [2.24, 2.45) is 5.73 Å². The fourth-order valence-electron chi connectivity index (χ4n) is 3.31. The Bertz CT molecular complexity index is 627. The topological polar surface area (TPSA) is 26.0 Å². The zero-order valence-electron chi connectivity index (χ0n) is 16.0. The molecule has 1 unspecified atom stereocenters. The molecule has 0 heterocycles. The molecule has 2 aromatic carbocycles. The predicted molar refractivity (Wildman–Crippen MR) is 108 cm³/mol. The highest BCUT2D eigenvalue weighted by molar-refractivity contribution is 5.81. The van der Waals surface area contributed by atoms with Crippen molar-refractivity contribution in [3.05, 3.63) is 77.4 Å². The van der Waals surface area contributed by atoms with E-state index in [1.165, 1.54) is 22.3 Å². The third-order valence-electron chi connectivity index (χ3n) is 4.27. The van der Waals surface area contributed by atoms with Crippen molar-refractivity contribution in [2.45, 2.75) is 52.9 Å². The molecular formula is C23H33N. The summed E-state index contributed by atoms with van der Waals surface area (Å²) >= 11 is 0. The maximum absolute atomic E-state index is 4.85. The summed E-state index contributed by atoms with van der Waals surface area (Å²) in [7, 11) is 0. The van der Waals surface area contributed by atoms with E-state index in [0.717, 1.165) is 19.4 Å². The van der Waals surface area contributed by atoms with Crippen molar-refractivity contribution in [1.29, 1.82) is 0 Å². The van der Waals surface area contributed by atoms with E-state index in [1.54, 1.807) is 0 Å². The molecule has 0 fully saturated rings. The monoisotopic (exact) mass is 323 g/mol. The predicted octanol–water partition coefficient (Wildman–Crippen LogP) is 5.99. The van der Waals surface area contributed by atoms with Gasteiger partial charge in [0.15, 0.2) is 0 Å². The van der Waals surface area contributed by atoms with E-state index in [2.05, 4.69) is 74.5 Å². The fourth-order valence-corrected chi connectivity index (χ4v) is 3.31. The Hall–Kier alpha value is -1.86. The van der Waals surface area contributed by atoms with Crippen molar-refractivity contribution >= 4 is 5.57 Å². The first-order valence-electron chi connectivity index (χ1n) is 9.21. The SMILES string of the molecule is CC.CC/C=C1/c2ccccc2CC1(C)c1ccccc1.CCN. The smallest absolute Gasteiger partial charge is 0.0218 e. The lowest BCUT2D eigenvalue weighted by Crippen LogP contribution is -2.21. The summed E-state index contributed by atoms with van der Waals surface area (Å²) in [6.45, 7) is 11.3. The molecule has 2 aromatic rings. The summed E-state index contributed by atoms with van der Waals surface area (Å²) in [6.07, 6.45) is 4.60. The molecule has 24 heavy (non-hydrogen) atoms. The summed E-state index contributed by atoms with van der Waals surface area (Å²) in [4.78, 5) is 0. The van der Waals surface area contributed by atoms with Crippen molar-refractivity contribution < 1.29 is 0 Å². The number of benzene rings is 2. The minimum Gasteiger partial charge on any atom is -0.331 e. The second kappa shape index (κ2) is 10.1. The number of fused-ring (bicyclic) bond motifs is 1. The molecule has 0 bridgehead atoms. The summed E-state index contributed by atoms with van der Waals surface area (Å²) < 4.78 is 0. The van der Waals surface area contributed by atoms with E-state index in [-0.39, 0.29) is 5.41 Å². The Labute approximate surface area is 148 Å². The second-order valence-electron chi connectivity index (χ2n) is 5.97. The minimum atomic E-state index is 0.126. The van der Waals surface area contributed by atoms with E-state index in [0.29, 0.717) is 0 Å². The van der Waals surface area contributed by atoms with Gasteiger partial charge in [-0.25, -0.2) is 0 Å². The van der Waals surface area contributed by atoms with Crippen LogP contribution in [0.4, 0.5) is 0 Å². The molecule has 0 radical (unpaired) electrons. The summed E-state index contributed by atoms with van der Waals surface area (Å²) in [5, 5.41) is 0. The van der Waals surface area contributed by atoms with Gasteiger partial charge in [-0.05, 0) is 41.6 Å². The van der Waals surface area contributed by atoms with E-state index >= 15 is 0 Å². The van der Waals surface area contributed by atoms with Gasteiger partial charge in [0.1, 0.15) is 0 Å². The lowest BCUT2D eigenvalue weighted by Gasteiger charge is -2.27. The van der Waals surface area contributed by atoms with Crippen LogP contribution in [0.1, 0.15) is 57.7 Å². The van der Waals surface area contributed by atoms with Crippen molar-refractivity contribution in [1.82, 2.24) is 0 Å². The highest BCUT2D eigenvalue weighted by Crippen LogP contribution is 2.48. The molecule has 3 rings (SSSR count). The summed E-state index contributed by atoms with van der Waals surface area (Å²) in [5.74, 6) is 0. The lowest BCUT2D eigenvalue weighted by molar-refractivity contribution is 0.636. The zero-order valence-corrected chi connectivity index (χ0v) is 16.0. The number of hydrogen-bond donors (Lipinski definition) is 1. The van der Waals surface area contributed by atoms with E-state index in [9.17, 15) is 0 Å². The third-order valence-corrected chi connectivity index (χ3v) is 4.27. The van der Waals surface area contributed by atoms with Crippen molar-refractivity contribution in [2.75, 3.05) is 6.54 Å². The van der Waals surface area contributed by atoms with Gasteiger partial charge in [-0.3, -0.25) is 0 Å². The van der Waals surface area contributed by atoms with Crippen LogP contribution in [-0.4, -0.2) is 6.54 Å². The first-order valence-corrected chi connectivity index (χ1v) is 9.21. The van der Waals surface area contributed by atoms with E-state index in [4.69, 9.17) is 5.73 Å². The van der Waals surface area contributed by atoms with E-state index in [1.807, 2.05) is 20.8 Å². The molecule has 1 nitrogen and oxygen atoms in total. The minimum absolute atomic E-state index is 0.126. The molecule has 2 N–H and O–H groups in total. The highest BCUT2D eigenvalue weighted by Gasteiger charge is 2.38. The van der Waals surface area contributed by atoms with Gasteiger partial charge >= 0.3 is 0 Å². The van der Waals surface area contributed by atoms with Crippen LogP contribution in [-0.2, 0) is 11.8 Å². The van der Waals surface area contributed by atoms with Crippen LogP contribution in [0.3, 0.4) is 0 Å². The van der Waals surface area contributed by atoms with Crippen molar-refractivity contribution in [3.8, 4) is 0 Å². The maximum Gasteiger partial charge on any atom is 0.0218 e. The Morgan fingerprint density at radius 1 is 0.958 bits per heavy atom. The van der Waals surface area contributed by atoms with Crippen LogP contribution in [0.25, 0.3) is 5.57 Å². The number of hydrogen-bond acceptors (Lipinski definition) is 1. The number of nitrogens with two attached hydrogens (primary N) is 1. The van der Waals surface area contributed by atoms with Gasteiger partial charge in [-0.2, -0.15) is 0 Å². The molecule has 1 aliphatic carbocycles. The Kier molecular flexibility index (Phi) is 8.49. The molecule has 1 aliphatic rings.